The van der Waals surface area contributed by atoms with Crippen LogP contribution in [0.4, 0.5) is 5.69 Å². The minimum Gasteiger partial charge on any atom is -0.459 e. The smallest absolute Gasteiger partial charge is 0.338 e. The first kappa shape index (κ1) is 33.4. The molecular weight excluding hydrogens is 625 g/mol. The predicted octanol–water partition coefficient (Wildman–Crippen LogP) is 6.95. The van der Waals surface area contributed by atoms with Gasteiger partial charge in [0.05, 0.1) is 26.7 Å². The molecule has 44 heavy (non-hydrogen) atoms. The number of pyridine rings is 3. The number of benzene rings is 1. The third kappa shape index (κ3) is 7.41. The molecule has 5 rings (SSSR count). The number of amides is 1. The fourth-order valence-corrected chi connectivity index (χ4v) is 5.91. The number of esters is 1. The minimum atomic E-state index is -0.634. The number of carbonyl (C=O) groups excluding carboxylic acids is 2. The maximum Gasteiger partial charge on any atom is 0.338 e. The Bertz CT molecular complexity index is 1660. The van der Waals surface area contributed by atoms with Gasteiger partial charge in [0.2, 0.25) is 5.43 Å². The maximum atomic E-state index is 13.3. The summed E-state index contributed by atoms with van der Waals surface area (Å²) in [5.74, 6) is -0.967. The summed E-state index contributed by atoms with van der Waals surface area (Å²) in [7, 11) is 0. The Morgan fingerprint density at radius 1 is 1.02 bits per heavy atom. The van der Waals surface area contributed by atoms with Gasteiger partial charge in [0.15, 0.2) is 0 Å². The van der Waals surface area contributed by atoms with Crippen LogP contribution in [0.2, 0.25) is 10.0 Å². The number of anilines is 1. The van der Waals surface area contributed by atoms with Crippen LogP contribution in [-0.2, 0) is 11.3 Å². The van der Waals surface area contributed by atoms with E-state index in [1.54, 1.807) is 24.5 Å². The topological polar surface area (TPSA) is 106 Å². The average molecular weight is 659 g/mol. The number of aromatic nitrogens is 3. The summed E-state index contributed by atoms with van der Waals surface area (Å²) >= 11 is 12.4. The largest absolute Gasteiger partial charge is 0.459 e. The third-order valence-electron chi connectivity index (χ3n) is 7.93. The molecule has 0 aliphatic heterocycles. The molecule has 1 amide bonds. The van der Waals surface area contributed by atoms with Gasteiger partial charge >= 0.3 is 5.97 Å². The lowest BCUT2D eigenvalue weighted by atomic mass is 9.92. The quantitative estimate of drug-likeness (QED) is 0.194. The fraction of sp³-hybridized carbons (Fsp3) is 0.344. The van der Waals surface area contributed by atoms with Gasteiger partial charge < -0.3 is 14.6 Å². The van der Waals surface area contributed by atoms with Crippen molar-refractivity contribution in [1.29, 1.82) is 0 Å². The van der Waals surface area contributed by atoms with Crippen LogP contribution in [0.15, 0.2) is 66.0 Å². The Balaban J connectivity index is 0.00000442. The van der Waals surface area contributed by atoms with E-state index in [0.717, 1.165) is 25.2 Å². The molecule has 232 valence electrons. The van der Waals surface area contributed by atoms with Crippen molar-refractivity contribution in [2.24, 2.45) is 0 Å². The zero-order valence-electron chi connectivity index (χ0n) is 24.5. The van der Waals surface area contributed by atoms with E-state index in [1.165, 1.54) is 12.4 Å². The van der Waals surface area contributed by atoms with E-state index in [0.29, 0.717) is 42.3 Å². The number of rotatable bonds is 9. The van der Waals surface area contributed by atoms with E-state index in [2.05, 4.69) is 34.0 Å². The summed E-state index contributed by atoms with van der Waals surface area (Å²) in [6, 6.07) is 10.9. The second-order valence-corrected chi connectivity index (χ2v) is 11.4. The Morgan fingerprint density at radius 2 is 1.68 bits per heavy atom. The van der Waals surface area contributed by atoms with Gasteiger partial charge in [0.25, 0.3) is 5.91 Å². The van der Waals surface area contributed by atoms with Crippen molar-refractivity contribution < 1.29 is 14.3 Å². The van der Waals surface area contributed by atoms with Gasteiger partial charge in [-0.1, -0.05) is 49.2 Å². The third-order valence-corrected chi connectivity index (χ3v) is 8.50. The Kier molecular flexibility index (Phi) is 11.4. The van der Waals surface area contributed by atoms with Gasteiger partial charge in [-0.15, -0.1) is 12.4 Å². The molecule has 0 spiro atoms. The van der Waals surface area contributed by atoms with E-state index in [4.69, 9.17) is 27.9 Å². The van der Waals surface area contributed by atoms with E-state index in [-0.39, 0.29) is 51.8 Å². The molecule has 1 aromatic carbocycles. The number of halogens is 3. The number of carbonyl (C=O) groups is 2. The van der Waals surface area contributed by atoms with Crippen molar-refractivity contribution in [2.75, 3.05) is 18.4 Å². The molecule has 3 heterocycles. The van der Waals surface area contributed by atoms with Crippen LogP contribution >= 0.6 is 35.6 Å². The Labute approximate surface area is 272 Å². The number of fused-ring (bicyclic) bond motifs is 1. The highest BCUT2D eigenvalue weighted by Crippen LogP contribution is 2.33. The summed E-state index contributed by atoms with van der Waals surface area (Å²) < 4.78 is 7.75. The van der Waals surface area contributed by atoms with Crippen molar-refractivity contribution in [3.05, 3.63) is 98.1 Å². The first-order chi connectivity index (χ1) is 20.8. The van der Waals surface area contributed by atoms with Crippen molar-refractivity contribution in [1.82, 2.24) is 19.4 Å². The van der Waals surface area contributed by atoms with Gasteiger partial charge in [0, 0.05) is 37.4 Å². The lowest BCUT2D eigenvalue weighted by Crippen LogP contribution is -2.29. The van der Waals surface area contributed by atoms with Crippen LogP contribution in [0.1, 0.15) is 71.9 Å². The van der Waals surface area contributed by atoms with Crippen LogP contribution in [0, 0.1) is 0 Å². The summed E-state index contributed by atoms with van der Waals surface area (Å²) in [5.41, 5.74) is 1.87. The standard InChI is InChI=1S/C32H33Cl2N5O4.ClH/c1-3-38(4-2)18-20-7-9-21(10-8-20)32(42)43-23-13-11-22(12-14-23)39-19-25(29(40)24-6-5-15-36-30(24)39)31(41)37-28-26(33)16-35-17-27(28)34;/h5-10,15-17,19,22-23H,3-4,11-14,18H2,1-2H3,(H,35,37,41);1H. The van der Waals surface area contributed by atoms with E-state index < -0.39 is 11.3 Å². The van der Waals surface area contributed by atoms with Crippen LogP contribution in [0.25, 0.3) is 11.0 Å². The molecule has 0 bridgehead atoms. The Morgan fingerprint density at radius 3 is 2.32 bits per heavy atom. The molecule has 1 aliphatic rings. The number of hydrogen-bond donors (Lipinski definition) is 1. The second kappa shape index (κ2) is 15.0. The number of hydrogen-bond acceptors (Lipinski definition) is 7. The van der Waals surface area contributed by atoms with Crippen LogP contribution in [-0.4, -0.2) is 50.5 Å². The lowest BCUT2D eigenvalue weighted by molar-refractivity contribution is 0.0173. The molecule has 4 aromatic rings. The number of nitrogens with zero attached hydrogens (tertiary/aromatic N) is 4. The average Bonchev–Trinajstić information content (AvgIpc) is 3.02. The van der Waals surface area contributed by atoms with Crippen LogP contribution in [0.5, 0.6) is 0 Å². The second-order valence-electron chi connectivity index (χ2n) is 10.6. The summed E-state index contributed by atoms with van der Waals surface area (Å²) in [6.07, 6.45) is 8.30. The van der Waals surface area contributed by atoms with Crippen LogP contribution < -0.4 is 10.7 Å². The van der Waals surface area contributed by atoms with E-state index in [9.17, 15) is 14.4 Å². The number of ether oxygens (including phenoxy) is 1. The van der Waals surface area contributed by atoms with Gasteiger partial charge in [-0.2, -0.15) is 0 Å². The van der Waals surface area contributed by atoms with Crippen LogP contribution in [0.3, 0.4) is 0 Å². The van der Waals surface area contributed by atoms with Gasteiger partial charge in [-0.05, 0) is 68.6 Å². The SMILES string of the molecule is CCN(CC)Cc1ccc(C(=O)OC2CCC(n3cc(C(=O)Nc4c(Cl)cncc4Cl)c(=O)c4cccnc43)CC2)cc1.Cl. The molecule has 1 N–H and O–H groups in total. The lowest BCUT2D eigenvalue weighted by Gasteiger charge is -2.31. The zero-order valence-corrected chi connectivity index (χ0v) is 26.8. The maximum absolute atomic E-state index is 13.3. The monoisotopic (exact) mass is 657 g/mol. The van der Waals surface area contributed by atoms with E-state index in [1.807, 2.05) is 28.8 Å². The highest BCUT2D eigenvalue weighted by atomic mass is 35.5. The van der Waals surface area contributed by atoms with Crippen molar-refractivity contribution in [3.63, 3.8) is 0 Å². The molecule has 1 aliphatic carbocycles. The highest BCUT2D eigenvalue weighted by Gasteiger charge is 2.28. The molecule has 0 saturated heterocycles. The zero-order chi connectivity index (χ0) is 30.5. The summed E-state index contributed by atoms with van der Waals surface area (Å²) in [6.45, 7) is 7.05. The van der Waals surface area contributed by atoms with Crippen molar-refractivity contribution in [3.8, 4) is 0 Å². The molecule has 0 radical (unpaired) electrons. The van der Waals surface area contributed by atoms with Gasteiger partial charge in [0.1, 0.15) is 17.3 Å². The molecule has 1 fully saturated rings. The number of nitrogens with one attached hydrogen (secondary N) is 1. The fourth-order valence-electron chi connectivity index (χ4n) is 5.45. The molecule has 3 aromatic heterocycles. The summed E-state index contributed by atoms with van der Waals surface area (Å²) in [4.78, 5) is 50.2. The first-order valence-electron chi connectivity index (χ1n) is 14.4. The van der Waals surface area contributed by atoms with Gasteiger partial charge in [-0.3, -0.25) is 19.5 Å². The minimum absolute atomic E-state index is 0. The summed E-state index contributed by atoms with van der Waals surface area (Å²) in [5, 5.41) is 3.31. The Hall–Kier alpha value is -3.50. The van der Waals surface area contributed by atoms with Crippen molar-refractivity contribution in [2.45, 2.75) is 58.2 Å². The van der Waals surface area contributed by atoms with Crippen molar-refractivity contribution >= 4 is 64.2 Å². The van der Waals surface area contributed by atoms with E-state index >= 15 is 0 Å². The molecule has 0 atom stereocenters. The van der Waals surface area contributed by atoms with Gasteiger partial charge in [-0.25, -0.2) is 9.78 Å². The highest BCUT2D eigenvalue weighted by molar-refractivity contribution is 6.39. The normalized spacial score (nSPS) is 16.4. The molecule has 12 heteroatoms. The first-order valence-corrected chi connectivity index (χ1v) is 15.2. The molecule has 9 nitrogen and oxygen atoms in total. The predicted molar refractivity (Wildman–Crippen MR) is 175 cm³/mol. The molecule has 0 unspecified atom stereocenters. The molecular formula is C32H34Cl3N5O4. The molecule has 1 saturated carbocycles.